The van der Waals surface area contributed by atoms with Gasteiger partial charge in [-0.15, -0.1) is 11.3 Å². The van der Waals surface area contributed by atoms with Gasteiger partial charge in [0, 0.05) is 23.8 Å². The summed E-state index contributed by atoms with van der Waals surface area (Å²) in [6, 6.07) is -0.793. The zero-order valence-electron chi connectivity index (χ0n) is 10.3. The van der Waals surface area contributed by atoms with Crippen LogP contribution in [0.5, 0.6) is 0 Å². The van der Waals surface area contributed by atoms with Crippen molar-refractivity contribution in [3.05, 3.63) is 16.1 Å². The van der Waals surface area contributed by atoms with E-state index in [2.05, 4.69) is 10.3 Å². The van der Waals surface area contributed by atoms with Crippen LogP contribution >= 0.6 is 23.1 Å². The second-order valence-electron chi connectivity index (χ2n) is 3.78. The third kappa shape index (κ3) is 5.50. The van der Waals surface area contributed by atoms with Crippen molar-refractivity contribution in [1.82, 2.24) is 10.3 Å². The zero-order chi connectivity index (χ0) is 13.5. The van der Waals surface area contributed by atoms with Crippen molar-refractivity contribution in [1.29, 1.82) is 0 Å². The number of hydrogen-bond donors (Lipinski definition) is 2. The maximum atomic E-state index is 10.9. The van der Waals surface area contributed by atoms with Crippen LogP contribution < -0.4 is 5.32 Å². The average molecular weight is 288 g/mol. The van der Waals surface area contributed by atoms with Gasteiger partial charge in [-0.3, -0.25) is 4.79 Å². The molecule has 7 heteroatoms. The molecule has 18 heavy (non-hydrogen) atoms. The van der Waals surface area contributed by atoms with Gasteiger partial charge in [0.15, 0.2) is 0 Å². The Balaban J connectivity index is 2.26. The molecule has 0 aliphatic rings. The number of nitrogens with zero attached hydrogens (tertiary/aromatic N) is 1. The van der Waals surface area contributed by atoms with E-state index in [1.54, 1.807) is 23.1 Å². The van der Waals surface area contributed by atoms with Gasteiger partial charge < -0.3 is 10.4 Å². The molecule has 0 radical (unpaired) electrons. The molecule has 0 bridgehead atoms. The lowest BCUT2D eigenvalue weighted by molar-refractivity contribution is -0.141. The Morgan fingerprint density at radius 2 is 2.33 bits per heavy atom. The number of rotatable bonds is 7. The van der Waals surface area contributed by atoms with Gasteiger partial charge in [-0.05, 0) is 19.1 Å². The molecule has 1 heterocycles. The Bertz CT molecular complexity index is 420. The van der Waals surface area contributed by atoms with Crippen molar-refractivity contribution in [2.45, 2.75) is 32.1 Å². The Kier molecular flexibility index (Phi) is 6.14. The normalized spacial score (nSPS) is 12.1. The molecule has 0 fully saturated rings. The van der Waals surface area contributed by atoms with Crippen LogP contribution in [0, 0.1) is 6.92 Å². The number of carboxylic acids is 1. The van der Waals surface area contributed by atoms with Gasteiger partial charge in [0.25, 0.3) is 0 Å². The first kappa shape index (κ1) is 15.0. The second-order valence-corrected chi connectivity index (χ2v) is 6.20. The van der Waals surface area contributed by atoms with Crippen LogP contribution in [-0.4, -0.2) is 33.8 Å². The van der Waals surface area contributed by atoms with Crippen molar-refractivity contribution in [3.63, 3.8) is 0 Å². The highest BCUT2D eigenvalue weighted by atomic mass is 32.2. The van der Waals surface area contributed by atoms with E-state index in [0.717, 1.165) is 10.8 Å². The van der Waals surface area contributed by atoms with E-state index in [1.807, 2.05) is 13.1 Å². The largest absolute Gasteiger partial charge is 0.480 e. The number of aryl methyl sites for hydroxylation is 1. The number of amides is 1. The molecule has 1 rings (SSSR count). The molecule has 0 aromatic carbocycles. The van der Waals surface area contributed by atoms with Gasteiger partial charge in [-0.2, -0.15) is 11.8 Å². The lowest BCUT2D eigenvalue weighted by atomic mass is 10.2. The minimum absolute atomic E-state index is 0.314. The van der Waals surface area contributed by atoms with Crippen molar-refractivity contribution in [2.75, 3.05) is 5.75 Å². The molecule has 0 aliphatic carbocycles. The van der Waals surface area contributed by atoms with Crippen molar-refractivity contribution in [3.8, 4) is 0 Å². The summed E-state index contributed by atoms with van der Waals surface area (Å²) in [5.74, 6) is 0.219. The molecule has 5 nitrogen and oxygen atoms in total. The molecule has 1 atom stereocenters. The van der Waals surface area contributed by atoms with E-state index in [4.69, 9.17) is 5.11 Å². The molecule has 1 aromatic rings. The summed E-state index contributed by atoms with van der Waals surface area (Å²) in [6.07, 6.45) is 2.27. The standard InChI is InChI=1S/C11H16N2O3S2/c1-7(14)13-10(11(15)16)3-4-17-6-9-5-12-8(2)18-9/h5,10H,3-4,6H2,1-2H3,(H,13,14)(H,15,16). The van der Waals surface area contributed by atoms with Crippen molar-refractivity contribution < 1.29 is 14.7 Å². The summed E-state index contributed by atoms with van der Waals surface area (Å²) >= 11 is 3.29. The van der Waals surface area contributed by atoms with Gasteiger partial charge in [-0.25, -0.2) is 9.78 Å². The number of carboxylic acid groups (broad SMARTS) is 1. The highest BCUT2D eigenvalue weighted by Gasteiger charge is 2.17. The number of hydrogen-bond acceptors (Lipinski definition) is 5. The molecule has 0 saturated carbocycles. The quantitative estimate of drug-likeness (QED) is 0.746. The molecule has 0 aliphatic heterocycles. The van der Waals surface area contributed by atoms with Gasteiger partial charge in [0.1, 0.15) is 6.04 Å². The molecule has 0 saturated heterocycles. The monoisotopic (exact) mass is 288 g/mol. The summed E-state index contributed by atoms with van der Waals surface area (Å²) in [4.78, 5) is 27.0. The minimum Gasteiger partial charge on any atom is -0.480 e. The highest BCUT2D eigenvalue weighted by Crippen LogP contribution is 2.19. The maximum Gasteiger partial charge on any atom is 0.326 e. The van der Waals surface area contributed by atoms with E-state index in [1.165, 1.54) is 11.8 Å². The van der Waals surface area contributed by atoms with Crippen molar-refractivity contribution >= 4 is 35.0 Å². The van der Waals surface area contributed by atoms with Crippen molar-refractivity contribution in [2.24, 2.45) is 0 Å². The zero-order valence-corrected chi connectivity index (χ0v) is 11.9. The number of thiazole rings is 1. The summed E-state index contributed by atoms with van der Waals surface area (Å²) in [6.45, 7) is 3.28. The fourth-order valence-corrected chi connectivity index (χ4v) is 3.25. The number of aliphatic carboxylic acids is 1. The third-order valence-corrected chi connectivity index (χ3v) is 4.27. The number of carbonyl (C=O) groups excluding carboxylic acids is 1. The molecule has 2 N–H and O–H groups in total. The average Bonchev–Trinajstić information content (AvgIpc) is 2.68. The first-order valence-corrected chi connectivity index (χ1v) is 7.45. The summed E-state index contributed by atoms with van der Waals surface area (Å²) < 4.78 is 0. The first-order chi connectivity index (χ1) is 8.49. The molecule has 100 valence electrons. The third-order valence-electron chi connectivity index (χ3n) is 2.14. The van der Waals surface area contributed by atoms with Crippen LogP contribution in [-0.2, 0) is 15.3 Å². The van der Waals surface area contributed by atoms with Gasteiger partial charge in [-0.1, -0.05) is 0 Å². The maximum absolute atomic E-state index is 10.9. The van der Waals surface area contributed by atoms with E-state index < -0.39 is 12.0 Å². The number of carbonyl (C=O) groups is 2. The molecule has 1 amide bonds. The predicted octanol–water partition coefficient (Wildman–Crippen LogP) is 1.66. The fraction of sp³-hybridized carbons (Fsp3) is 0.545. The predicted molar refractivity (Wildman–Crippen MR) is 72.9 cm³/mol. The highest BCUT2D eigenvalue weighted by molar-refractivity contribution is 7.98. The lowest BCUT2D eigenvalue weighted by Crippen LogP contribution is -2.39. The van der Waals surface area contributed by atoms with Crippen LogP contribution in [0.2, 0.25) is 0 Å². The second kappa shape index (κ2) is 7.38. The van der Waals surface area contributed by atoms with E-state index in [0.29, 0.717) is 12.2 Å². The Hall–Kier alpha value is -1.08. The fourth-order valence-electron chi connectivity index (χ4n) is 1.35. The van der Waals surface area contributed by atoms with Crippen LogP contribution in [0.25, 0.3) is 0 Å². The molecular formula is C11H16N2O3S2. The number of nitrogens with one attached hydrogen (secondary N) is 1. The van der Waals surface area contributed by atoms with E-state index >= 15 is 0 Å². The topological polar surface area (TPSA) is 79.3 Å². The van der Waals surface area contributed by atoms with Gasteiger partial charge >= 0.3 is 5.97 Å². The summed E-state index contributed by atoms with van der Waals surface area (Å²) in [7, 11) is 0. The number of thioether (sulfide) groups is 1. The van der Waals surface area contributed by atoms with Crippen LogP contribution in [0.3, 0.4) is 0 Å². The molecule has 0 spiro atoms. The first-order valence-electron chi connectivity index (χ1n) is 5.48. The van der Waals surface area contributed by atoms with Gasteiger partial charge in [0.05, 0.1) is 5.01 Å². The summed E-state index contributed by atoms with van der Waals surface area (Å²) in [5.41, 5.74) is 0. The molecule has 1 unspecified atom stereocenters. The molecular weight excluding hydrogens is 272 g/mol. The van der Waals surface area contributed by atoms with E-state index in [-0.39, 0.29) is 5.91 Å². The smallest absolute Gasteiger partial charge is 0.326 e. The Labute approximate surface area is 114 Å². The van der Waals surface area contributed by atoms with Crippen LogP contribution in [0.15, 0.2) is 6.20 Å². The molecule has 1 aromatic heterocycles. The lowest BCUT2D eigenvalue weighted by Gasteiger charge is -2.12. The van der Waals surface area contributed by atoms with Crippen LogP contribution in [0.1, 0.15) is 23.2 Å². The Morgan fingerprint density at radius 1 is 1.61 bits per heavy atom. The van der Waals surface area contributed by atoms with Gasteiger partial charge in [0.2, 0.25) is 5.91 Å². The van der Waals surface area contributed by atoms with E-state index in [9.17, 15) is 9.59 Å². The Morgan fingerprint density at radius 3 is 2.83 bits per heavy atom. The summed E-state index contributed by atoms with van der Waals surface area (Å²) in [5, 5.41) is 12.4. The SMILES string of the molecule is CC(=O)NC(CCSCc1cnc(C)s1)C(=O)O. The minimum atomic E-state index is -0.987. The number of aromatic nitrogens is 1. The van der Waals surface area contributed by atoms with Crippen LogP contribution in [0.4, 0.5) is 0 Å².